The maximum Gasteiger partial charge on any atom is 0.255 e. The highest BCUT2D eigenvalue weighted by Crippen LogP contribution is 2.24. The number of nitrogens with one attached hydrogen (secondary N) is 2. The lowest BCUT2D eigenvalue weighted by Crippen LogP contribution is -2.26. The zero-order valence-electron chi connectivity index (χ0n) is 15.9. The lowest BCUT2D eigenvalue weighted by molar-refractivity contribution is 0.0954. The number of carbonyl (C=O) groups is 1. The SMILES string of the molecule is O=C(NCCc1csc(N2CCCC2)n1)c1cccnc1Nc1cccc(F)c1. The van der Waals surface area contributed by atoms with Crippen LogP contribution in [-0.4, -0.2) is 35.5 Å². The summed E-state index contributed by atoms with van der Waals surface area (Å²) in [6, 6.07) is 9.44. The van der Waals surface area contributed by atoms with Gasteiger partial charge in [-0.1, -0.05) is 6.07 Å². The quantitative estimate of drug-likeness (QED) is 0.615. The first-order chi connectivity index (χ1) is 14.2. The Labute approximate surface area is 172 Å². The number of aromatic nitrogens is 2. The molecule has 0 bridgehead atoms. The number of amides is 1. The predicted molar refractivity (Wildman–Crippen MR) is 114 cm³/mol. The van der Waals surface area contributed by atoms with Crippen LogP contribution in [0.15, 0.2) is 48.0 Å². The topological polar surface area (TPSA) is 70.2 Å². The Morgan fingerprint density at radius 1 is 1.21 bits per heavy atom. The van der Waals surface area contributed by atoms with E-state index in [9.17, 15) is 9.18 Å². The fraction of sp³-hybridized carbons (Fsp3) is 0.286. The van der Waals surface area contributed by atoms with E-state index in [0.717, 1.165) is 23.9 Å². The molecule has 1 aliphatic rings. The highest BCUT2D eigenvalue weighted by Gasteiger charge is 2.16. The molecule has 3 aromatic rings. The van der Waals surface area contributed by atoms with Gasteiger partial charge in [0.15, 0.2) is 5.13 Å². The molecule has 1 fully saturated rings. The first-order valence-electron chi connectivity index (χ1n) is 9.64. The third-order valence-corrected chi connectivity index (χ3v) is 5.67. The number of carbonyl (C=O) groups excluding carboxylic acids is 1. The Balaban J connectivity index is 1.35. The van der Waals surface area contributed by atoms with Gasteiger partial charge in [0.05, 0.1) is 11.3 Å². The maximum atomic E-state index is 13.4. The molecular weight excluding hydrogens is 389 g/mol. The van der Waals surface area contributed by atoms with Gasteiger partial charge in [0.1, 0.15) is 11.6 Å². The van der Waals surface area contributed by atoms with E-state index >= 15 is 0 Å². The molecule has 1 amide bonds. The number of benzene rings is 1. The van der Waals surface area contributed by atoms with Crippen LogP contribution in [0.2, 0.25) is 0 Å². The van der Waals surface area contributed by atoms with E-state index in [0.29, 0.717) is 30.0 Å². The molecule has 2 N–H and O–H groups in total. The molecule has 1 aromatic carbocycles. The Morgan fingerprint density at radius 3 is 2.90 bits per heavy atom. The molecule has 0 unspecified atom stereocenters. The summed E-state index contributed by atoms with van der Waals surface area (Å²) in [6.45, 7) is 2.63. The normalized spacial score (nSPS) is 13.5. The zero-order chi connectivity index (χ0) is 20.1. The molecule has 3 heterocycles. The average molecular weight is 412 g/mol. The van der Waals surface area contributed by atoms with Crippen molar-refractivity contribution in [3.05, 3.63) is 65.0 Å². The summed E-state index contributed by atoms with van der Waals surface area (Å²) in [7, 11) is 0. The molecular formula is C21H22FN5OS. The van der Waals surface area contributed by atoms with Crippen LogP contribution in [0.5, 0.6) is 0 Å². The number of anilines is 3. The van der Waals surface area contributed by atoms with Gasteiger partial charge >= 0.3 is 0 Å². The van der Waals surface area contributed by atoms with E-state index in [1.165, 1.54) is 25.0 Å². The van der Waals surface area contributed by atoms with Crippen LogP contribution >= 0.6 is 11.3 Å². The average Bonchev–Trinajstić information content (AvgIpc) is 3.40. The van der Waals surface area contributed by atoms with Crippen LogP contribution in [0, 0.1) is 5.82 Å². The van der Waals surface area contributed by atoms with Crippen molar-refractivity contribution in [1.29, 1.82) is 0 Å². The van der Waals surface area contributed by atoms with Gasteiger partial charge in [-0.05, 0) is 43.2 Å². The van der Waals surface area contributed by atoms with E-state index in [1.807, 2.05) is 0 Å². The lowest BCUT2D eigenvalue weighted by Gasteiger charge is -2.12. The number of thiazole rings is 1. The number of pyridine rings is 1. The minimum Gasteiger partial charge on any atom is -0.352 e. The number of rotatable bonds is 7. The van der Waals surface area contributed by atoms with Crippen LogP contribution in [0.1, 0.15) is 28.9 Å². The Morgan fingerprint density at radius 2 is 2.07 bits per heavy atom. The minimum atomic E-state index is -0.353. The number of hydrogen-bond acceptors (Lipinski definition) is 6. The summed E-state index contributed by atoms with van der Waals surface area (Å²) in [5.74, 6) is -0.193. The molecule has 0 aliphatic carbocycles. The summed E-state index contributed by atoms with van der Waals surface area (Å²) in [5, 5.41) is 9.05. The van der Waals surface area contributed by atoms with Gasteiger partial charge in [0.25, 0.3) is 5.91 Å². The van der Waals surface area contributed by atoms with Gasteiger partial charge in [-0.2, -0.15) is 0 Å². The Hall–Kier alpha value is -3.00. The van der Waals surface area contributed by atoms with Gasteiger partial charge < -0.3 is 15.5 Å². The summed E-state index contributed by atoms with van der Waals surface area (Å²) in [4.78, 5) is 23.9. The van der Waals surface area contributed by atoms with Crippen molar-refractivity contribution in [2.24, 2.45) is 0 Å². The molecule has 0 spiro atoms. The minimum absolute atomic E-state index is 0.230. The second-order valence-electron chi connectivity index (χ2n) is 6.86. The summed E-state index contributed by atoms with van der Waals surface area (Å²) >= 11 is 1.66. The fourth-order valence-corrected chi connectivity index (χ4v) is 4.17. The molecule has 8 heteroatoms. The molecule has 0 radical (unpaired) electrons. The highest BCUT2D eigenvalue weighted by atomic mass is 32.1. The fourth-order valence-electron chi connectivity index (χ4n) is 3.26. The Bertz CT molecular complexity index is 986. The van der Waals surface area contributed by atoms with Gasteiger partial charge in [-0.25, -0.2) is 14.4 Å². The maximum absolute atomic E-state index is 13.4. The van der Waals surface area contributed by atoms with Gasteiger partial charge in [-0.3, -0.25) is 4.79 Å². The molecule has 1 saturated heterocycles. The molecule has 29 heavy (non-hydrogen) atoms. The first kappa shape index (κ1) is 19.3. The monoisotopic (exact) mass is 411 g/mol. The van der Waals surface area contributed by atoms with Gasteiger partial charge in [0.2, 0.25) is 0 Å². The molecule has 2 aromatic heterocycles. The van der Waals surface area contributed by atoms with Crippen molar-refractivity contribution in [2.75, 3.05) is 29.9 Å². The van der Waals surface area contributed by atoms with Crippen molar-refractivity contribution in [2.45, 2.75) is 19.3 Å². The molecule has 0 saturated carbocycles. The second-order valence-corrected chi connectivity index (χ2v) is 7.69. The predicted octanol–water partition coefficient (Wildman–Crippen LogP) is 3.99. The van der Waals surface area contributed by atoms with Gasteiger partial charge in [0, 0.05) is 43.3 Å². The summed E-state index contributed by atoms with van der Waals surface area (Å²) in [6.07, 6.45) is 4.71. The number of hydrogen-bond donors (Lipinski definition) is 2. The molecule has 0 atom stereocenters. The summed E-state index contributed by atoms with van der Waals surface area (Å²) < 4.78 is 13.4. The van der Waals surface area contributed by atoms with E-state index in [-0.39, 0.29) is 11.7 Å². The third kappa shape index (κ3) is 4.89. The van der Waals surface area contributed by atoms with Crippen LogP contribution in [-0.2, 0) is 6.42 Å². The highest BCUT2D eigenvalue weighted by molar-refractivity contribution is 7.13. The summed E-state index contributed by atoms with van der Waals surface area (Å²) in [5.41, 5.74) is 1.93. The standard InChI is InChI=1S/C21H22FN5OS/c22-15-5-3-6-16(13-15)25-19-18(7-4-9-23-19)20(28)24-10-8-17-14-29-21(26-17)27-11-1-2-12-27/h3-7,9,13-14H,1-2,8,10-12H2,(H,23,25)(H,24,28). The van der Waals surface area contributed by atoms with Crippen molar-refractivity contribution in [1.82, 2.24) is 15.3 Å². The van der Waals surface area contributed by atoms with Gasteiger partial charge in [-0.15, -0.1) is 11.3 Å². The van der Waals surface area contributed by atoms with Crippen molar-refractivity contribution in [3.63, 3.8) is 0 Å². The van der Waals surface area contributed by atoms with Crippen LogP contribution in [0.4, 0.5) is 21.0 Å². The second kappa shape index (κ2) is 9.00. The first-order valence-corrected chi connectivity index (χ1v) is 10.5. The smallest absolute Gasteiger partial charge is 0.255 e. The number of halogens is 1. The van der Waals surface area contributed by atoms with Crippen LogP contribution < -0.4 is 15.5 Å². The van der Waals surface area contributed by atoms with E-state index in [4.69, 9.17) is 0 Å². The van der Waals surface area contributed by atoms with Crippen molar-refractivity contribution >= 4 is 33.9 Å². The largest absolute Gasteiger partial charge is 0.352 e. The van der Waals surface area contributed by atoms with Crippen molar-refractivity contribution in [3.8, 4) is 0 Å². The molecule has 1 aliphatic heterocycles. The van der Waals surface area contributed by atoms with Crippen molar-refractivity contribution < 1.29 is 9.18 Å². The Kier molecular flexibility index (Phi) is 6.00. The molecule has 150 valence electrons. The van der Waals surface area contributed by atoms with E-state index < -0.39 is 0 Å². The van der Waals surface area contributed by atoms with E-state index in [1.54, 1.807) is 41.8 Å². The third-order valence-electron chi connectivity index (χ3n) is 4.72. The molecule has 4 rings (SSSR count). The van der Waals surface area contributed by atoms with E-state index in [2.05, 4.69) is 30.9 Å². The zero-order valence-corrected chi connectivity index (χ0v) is 16.7. The number of nitrogens with zero attached hydrogens (tertiary/aromatic N) is 3. The molecule has 6 nitrogen and oxygen atoms in total. The lowest BCUT2D eigenvalue weighted by atomic mass is 10.2. The van der Waals surface area contributed by atoms with Crippen LogP contribution in [0.25, 0.3) is 0 Å². The van der Waals surface area contributed by atoms with Crippen LogP contribution in [0.3, 0.4) is 0 Å².